The summed E-state index contributed by atoms with van der Waals surface area (Å²) in [6, 6.07) is 68.7. The molecule has 52 heavy (non-hydrogen) atoms. The van der Waals surface area contributed by atoms with Crippen molar-refractivity contribution in [1.82, 2.24) is 4.98 Å². The van der Waals surface area contributed by atoms with E-state index >= 15 is 0 Å². The minimum absolute atomic E-state index is 0.631. The first-order chi connectivity index (χ1) is 25.8. The van der Waals surface area contributed by atoms with Gasteiger partial charge in [-0.25, -0.2) is 4.98 Å². The van der Waals surface area contributed by atoms with Gasteiger partial charge in [-0.3, -0.25) is 0 Å². The van der Waals surface area contributed by atoms with Crippen LogP contribution in [-0.4, -0.2) is 4.98 Å². The van der Waals surface area contributed by atoms with E-state index in [0.717, 1.165) is 49.9 Å². The fourth-order valence-corrected chi connectivity index (χ4v) is 7.54. The van der Waals surface area contributed by atoms with E-state index in [1.165, 1.54) is 38.4 Å². The molecule has 0 aliphatic rings. The first kappa shape index (κ1) is 29.9. The number of benzene rings is 9. The molecule has 0 fully saturated rings. The molecule has 0 atom stereocenters. The van der Waals surface area contributed by atoms with Gasteiger partial charge < -0.3 is 9.32 Å². The molecule has 0 amide bonds. The highest BCUT2D eigenvalue weighted by Crippen LogP contribution is 2.43. The quantitative estimate of drug-likeness (QED) is 0.166. The smallest absolute Gasteiger partial charge is 0.227 e. The minimum atomic E-state index is 0.631. The van der Waals surface area contributed by atoms with E-state index in [4.69, 9.17) is 9.40 Å². The molecule has 3 heteroatoms. The molecule has 1 heterocycles. The number of hydrogen-bond donors (Lipinski definition) is 0. The summed E-state index contributed by atoms with van der Waals surface area (Å²) in [5.74, 6) is 0.631. The van der Waals surface area contributed by atoms with Gasteiger partial charge in [-0.15, -0.1) is 0 Å². The van der Waals surface area contributed by atoms with Gasteiger partial charge in [-0.1, -0.05) is 146 Å². The highest BCUT2D eigenvalue weighted by Gasteiger charge is 2.19. The van der Waals surface area contributed by atoms with E-state index in [9.17, 15) is 0 Å². The molecule has 0 aliphatic carbocycles. The number of fused-ring (bicyclic) bond motifs is 8. The van der Waals surface area contributed by atoms with Crippen molar-refractivity contribution in [3.8, 4) is 33.7 Å². The lowest BCUT2D eigenvalue weighted by atomic mass is 9.94. The zero-order chi connectivity index (χ0) is 34.4. The highest BCUT2D eigenvalue weighted by molar-refractivity contribution is 6.30. The maximum atomic E-state index is 6.53. The van der Waals surface area contributed by atoms with Crippen LogP contribution in [0.5, 0.6) is 0 Å². The number of aromatic nitrogens is 1. The number of oxazole rings is 1. The second-order valence-corrected chi connectivity index (χ2v) is 13.2. The largest absolute Gasteiger partial charge is 0.435 e. The van der Waals surface area contributed by atoms with Gasteiger partial charge in [0, 0.05) is 33.4 Å². The van der Waals surface area contributed by atoms with Gasteiger partial charge in [0.05, 0.1) is 0 Å². The summed E-state index contributed by atoms with van der Waals surface area (Å²) in [5.41, 5.74) is 10.7. The summed E-state index contributed by atoms with van der Waals surface area (Å²) in [5, 5.41) is 6.80. The Morgan fingerprint density at radius 3 is 1.44 bits per heavy atom. The van der Waals surface area contributed by atoms with Crippen molar-refractivity contribution in [2.45, 2.75) is 0 Å². The SMILES string of the molecule is c1ccc(-c2ccc(N(c3ccc(-c4ccccc4)cc3)c3ccc4ccc5c6nc(-c7ccccc7)oc6c6ccccc6c5c4c3)cc2)cc1. The van der Waals surface area contributed by atoms with Crippen molar-refractivity contribution in [2.75, 3.05) is 4.90 Å². The third kappa shape index (κ3) is 5.10. The minimum Gasteiger partial charge on any atom is -0.435 e. The lowest BCUT2D eigenvalue weighted by Crippen LogP contribution is -2.10. The second kappa shape index (κ2) is 12.4. The van der Waals surface area contributed by atoms with Crippen LogP contribution < -0.4 is 4.90 Å². The molecule has 0 saturated carbocycles. The van der Waals surface area contributed by atoms with Gasteiger partial charge in [0.2, 0.25) is 5.89 Å². The highest BCUT2D eigenvalue weighted by atomic mass is 16.3. The van der Waals surface area contributed by atoms with E-state index in [1.54, 1.807) is 0 Å². The molecule has 0 saturated heterocycles. The van der Waals surface area contributed by atoms with Gasteiger partial charge in [-0.05, 0) is 92.3 Å². The molecular weight excluding hydrogens is 633 g/mol. The third-order valence-corrected chi connectivity index (χ3v) is 10.1. The molecule has 3 nitrogen and oxygen atoms in total. The first-order valence-corrected chi connectivity index (χ1v) is 17.6. The maximum absolute atomic E-state index is 6.53. The summed E-state index contributed by atoms with van der Waals surface area (Å²) in [7, 11) is 0. The van der Waals surface area contributed by atoms with E-state index < -0.39 is 0 Å². The van der Waals surface area contributed by atoms with Crippen LogP contribution in [0.2, 0.25) is 0 Å². The molecule has 10 rings (SSSR count). The van der Waals surface area contributed by atoms with Crippen molar-refractivity contribution < 1.29 is 4.42 Å². The molecule has 0 radical (unpaired) electrons. The van der Waals surface area contributed by atoms with Crippen LogP contribution in [0.15, 0.2) is 199 Å². The van der Waals surface area contributed by atoms with Gasteiger partial charge >= 0.3 is 0 Å². The standard InChI is InChI=1S/C49H32N2O/c1-4-12-33(13-5-1)35-20-26-39(27-21-35)51(40-28-22-36(23-29-40)34-14-6-2-7-15-34)41-30-24-37-25-31-44-46(45(37)32-41)42-18-10-11-19-43(42)48-47(44)50-49(52-48)38-16-8-3-9-17-38/h1-32H. The normalized spacial score (nSPS) is 11.5. The predicted molar refractivity (Wildman–Crippen MR) is 218 cm³/mol. The predicted octanol–water partition coefficient (Wildman–Crippen LogP) is 13.8. The first-order valence-electron chi connectivity index (χ1n) is 17.6. The van der Waals surface area contributed by atoms with Crippen LogP contribution in [0.25, 0.3) is 77.1 Å². The summed E-state index contributed by atoms with van der Waals surface area (Å²) >= 11 is 0. The van der Waals surface area contributed by atoms with E-state index in [-0.39, 0.29) is 0 Å². The molecule has 244 valence electrons. The molecule has 0 aliphatic heterocycles. The number of nitrogens with zero attached hydrogens (tertiary/aromatic N) is 2. The molecule has 0 unspecified atom stereocenters. The topological polar surface area (TPSA) is 29.3 Å². The van der Waals surface area contributed by atoms with Crippen LogP contribution in [-0.2, 0) is 0 Å². The molecule has 0 bridgehead atoms. The Morgan fingerprint density at radius 1 is 0.365 bits per heavy atom. The number of hydrogen-bond acceptors (Lipinski definition) is 3. The van der Waals surface area contributed by atoms with Gasteiger partial charge in [-0.2, -0.15) is 0 Å². The lowest BCUT2D eigenvalue weighted by molar-refractivity contribution is 0.623. The Hall–Kier alpha value is -6.97. The maximum Gasteiger partial charge on any atom is 0.227 e. The zero-order valence-corrected chi connectivity index (χ0v) is 28.3. The van der Waals surface area contributed by atoms with Crippen LogP contribution in [0.1, 0.15) is 0 Å². The molecular formula is C49H32N2O. The van der Waals surface area contributed by atoms with Crippen molar-refractivity contribution >= 4 is 60.5 Å². The van der Waals surface area contributed by atoms with Crippen molar-refractivity contribution in [3.05, 3.63) is 194 Å². The zero-order valence-electron chi connectivity index (χ0n) is 28.3. The van der Waals surface area contributed by atoms with E-state index in [0.29, 0.717) is 5.89 Å². The second-order valence-electron chi connectivity index (χ2n) is 13.2. The Labute approximate surface area is 301 Å². The van der Waals surface area contributed by atoms with Crippen LogP contribution in [0.4, 0.5) is 17.1 Å². The lowest BCUT2D eigenvalue weighted by Gasteiger charge is -2.26. The monoisotopic (exact) mass is 664 g/mol. The van der Waals surface area contributed by atoms with Gasteiger partial charge in [0.1, 0.15) is 5.52 Å². The summed E-state index contributed by atoms with van der Waals surface area (Å²) in [6.07, 6.45) is 0. The van der Waals surface area contributed by atoms with Crippen molar-refractivity contribution in [3.63, 3.8) is 0 Å². The summed E-state index contributed by atoms with van der Waals surface area (Å²) in [6.45, 7) is 0. The summed E-state index contributed by atoms with van der Waals surface area (Å²) < 4.78 is 6.53. The Balaban J connectivity index is 1.18. The Morgan fingerprint density at radius 2 is 0.846 bits per heavy atom. The van der Waals surface area contributed by atoms with Crippen molar-refractivity contribution in [2.24, 2.45) is 0 Å². The Kier molecular flexibility index (Phi) is 7.14. The van der Waals surface area contributed by atoms with Gasteiger partial charge in [0.25, 0.3) is 0 Å². The molecule has 0 N–H and O–H groups in total. The average molecular weight is 665 g/mol. The average Bonchev–Trinajstić information content (AvgIpc) is 3.69. The molecule has 10 aromatic rings. The van der Waals surface area contributed by atoms with Gasteiger partial charge in [0.15, 0.2) is 5.58 Å². The summed E-state index contributed by atoms with van der Waals surface area (Å²) in [4.78, 5) is 7.46. The van der Waals surface area contributed by atoms with Crippen LogP contribution in [0.3, 0.4) is 0 Å². The fourth-order valence-electron chi connectivity index (χ4n) is 7.54. The number of anilines is 3. The van der Waals surface area contributed by atoms with Crippen LogP contribution in [0, 0.1) is 0 Å². The Bertz CT molecular complexity index is 2780. The molecule has 0 spiro atoms. The van der Waals surface area contributed by atoms with Crippen molar-refractivity contribution in [1.29, 1.82) is 0 Å². The molecule has 1 aromatic heterocycles. The van der Waals surface area contributed by atoms with E-state index in [2.05, 4.69) is 169 Å². The fraction of sp³-hybridized carbons (Fsp3) is 0. The van der Waals surface area contributed by atoms with Crippen LogP contribution >= 0.6 is 0 Å². The number of rotatable bonds is 6. The molecule has 9 aromatic carbocycles. The third-order valence-electron chi connectivity index (χ3n) is 10.1. The van der Waals surface area contributed by atoms with E-state index in [1.807, 2.05) is 30.3 Å².